The molecule has 1 N–H and O–H groups in total. The molecule has 1 aromatic heterocycles. The van der Waals surface area contributed by atoms with E-state index < -0.39 is 0 Å². The van der Waals surface area contributed by atoms with Crippen molar-refractivity contribution in [1.29, 1.82) is 0 Å². The van der Waals surface area contributed by atoms with Gasteiger partial charge in [0.15, 0.2) is 5.82 Å². The fourth-order valence-corrected chi connectivity index (χ4v) is 4.31. The van der Waals surface area contributed by atoms with Crippen LogP contribution in [0.25, 0.3) is 0 Å². The van der Waals surface area contributed by atoms with E-state index in [1.165, 1.54) is 17.4 Å². The van der Waals surface area contributed by atoms with Gasteiger partial charge in [0, 0.05) is 44.3 Å². The van der Waals surface area contributed by atoms with Gasteiger partial charge in [0.25, 0.3) is 0 Å². The van der Waals surface area contributed by atoms with Crippen molar-refractivity contribution in [2.24, 2.45) is 0 Å². The summed E-state index contributed by atoms with van der Waals surface area (Å²) in [4.78, 5) is 26.1. The maximum atomic E-state index is 12.5. The number of anilines is 3. The second kappa shape index (κ2) is 10.2. The Balaban J connectivity index is 1.36. The summed E-state index contributed by atoms with van der Waals surface area (Å²) in [6.45, 7) is 3.54. The first-order valence-electron chi connectivity index (χ1n) is 10.2. The maximum absolute atomic E-state index is 12.5. The third-order valence-corrected chi connectivity index (χ3v) is 6.04. The van der Waals surface area contributed by atoms with Crippen LogP contribution in [0.5, 0.6) is 5.75 Å². The number of carbonyl (C=O) groups excluding carboxylic acids is 1. The van der Waals surface area contributed by atoms with Crippen LogP contribution in [0.2, 0.25) is 0 Å². The average molecular weight is 436 g/mol. The minimum atomic E-state index is -0.111. The van der Waals surface area contributed by atoms with Crippen molar-refractivity contribution in [3.63, 3.8) is 0 Å². The summed E-state index contributed by atoms with van der Waals surface area (Å²) < 4.78 is 5.29. The van der Waals surface area contributed by atoms with E-state index in [2.05, 4.69) is 49.4 Å². The molecule has 0 atom stereocenters. The van der Waals surface area contributed by atoms with E-state index in [4.69, 9.17) is 4.74 Å². The van der Waals surface area contributed by atoms with Gasteiger partial charge in [-0.1, -0.05) is 42.1 Å². The number of nitrogens with zero attached hydrogens (tertiary/aromatic N) is 4. The average Bonchev–Trinajstić information content (AvgIpc) is 2.84. The lowest BCUT2D eigenvalue weighted by Gasteiger charge is -2.37. The predicted octanol–water partition coefficient (Wildman–Crippen LogP) is 3.54. The highest BCUT2D eigenvalue weighted by molar-refractivity contribution is 8.00. The van der Waals surface area contributed by atoms with Crippen molar-refractivity contribution in [3.05, 3.63) is 67.0 Å². The van der Waals surface area contributed by atoms with Crippen LogP contribution in [0.4, 0.5) is 17.2 Å². The Kier molecular flexibility index (Phi) is 6.89. The topological polar surface area (TPSA) is 70.6 Å². The van der Waals surface area contributed by atoms with Crippen LogP contribution < -0.4 is 19.9 Å². The van der Waals surface area contributed by atoms with E-state index in [9.17, 15) is 4.79 Å². The van der Waals surface area contributed by atoms with Crippen LogP contribution >= 0.6 is 11.8 Å². The molecule has 7 nitrogen and oxygen atoms in total. The fraction of sp³-hybridized carbons (Fsp3) is 0.261. The van der Waals surface area contributed by atoms with E-state index >= 15 is 0 Å². The minimum absolute atomic E-state index is 0.111. The fourth-order valence-electron chi connectivity index (χ4n) is 3.52. The standard InChI is InChI=1S/C23H25N5O2S/c1-30-20-10-6-5-9-19(20)26-21(29)17-31-23-22(24-11-12-25-23)28-15-13-27(14-16-28)18-7-3-2-4-8-18/h2-12H,13-17H2,1H3,(H,26,29). The van der Waals surface area contributed by atoms with Crippen molar-refractivity contribution in [1.82, 2.24) is 9.97 Å². The molecule has 2 heterocycles. The molecule has 1 amide bonds. The van der Waals surface area contributed by atoms with Crippen LogP contribution in [-0.4, -0.2) is 54.9 Å². The van der Waals surface area contributed by atoms with Crippen LogP contribution in [0.3, 0.4) is 0 Å². The smallest absolute Gasteiger partial charge is 0.234 e. The van der Waals surface area contributed by atoms with E-state index in [0.717, 1.165) is 37.0 Å². The highest BCUT2D eigenvalue weighted by Gasteiger charge is 2.21. The van der Waals surface area contributed by atoms with Gasteiger partial charge in [-0.15, -0.1) is 0 Å². The summed E-state index contributed by atoms with van der Waals surface area (Å²) in [5.74, 6) is 1.61. The second-order valence-corrected chi connectivity index (χ2v) is 8.00. The number of hydrogen-bond acceptors (Lipinski definition) is 7. The Morgan fingerprint density at radius 1 is 0.968 bits per heavy atom. The molecule has 31 heavy (non-hydrogen) atoms. The number of hydrogen-bond donors (Lipinski definition) is 1. The molecule has 2 aromatic carbocycles. The van der Waals surface area contributed by atoms with Gasteiger partial charge in [0.05, 0.1) is 18.6 Å². The van der Waals surface area contributed by atoms with Crippen LogP contribution in [0.15, 0.2) is 72.0 Å². The number of methoxy groups -OCH3 is 1. The minimum Gasteiger partial charge on any atom is -0.495 e. The second-order valence-electron chi connectivity index (χ2n) is 7.03. The number of nitrogens with one attached hydrogen (secondary N) is 1. The molecule has 160 valence electrons. The number of amides is 1. The zero-order valence-electron chi connectivity index (χ0n) is 17.4. The van der Waals surface area contributed by atoms with Crippen LogP contribution in [-0.2, 0) is 4.79 Å². The third-order valence-electron chi connectivity index (χ3n) is 5.07. The predicted molar refractivity (Wildman–Crippen MR) is 125 cm³/mol. The molecule has 1 aliphatic heterocycles. The SMILES string of the molecule is COc1ccccc1NC(=O)CSc1nccnc1N1CCN(c2ccccc2)CC1. The lowest BCUT2D eigenvalue weighted by Crippen LogP contribution is -2.47. The number of benzene rings is 2. The van der Waals surface area contributed by atoms with Crippen molar-refractivity contribution in [2.75, 3.05) is 54.2 Å². The molecule has 4 rings (SSSR count). The summed E-state index contributed by atoms with van der Waals surface area (Å²) in [6, 6.07) is 17.8. The zero-order chi connectivity index (χ0) is 21.5. The van der Waals surface area contributed by atoms with Crippen molar-refractivity contribution in [2.45, 2.75) is 5.03 Å². The zero-order valence-corrected chi connectivity index (χ0v) is 18.2. The Labute approximate surface area is 186 Å². The number of aromatic nitrogens is 2. The maximum Gasteiger partial charge on any atom is 0.234 e. The van der Waals surface area contributed by atoms with Gasteiger partial charge in [0.2, 0.25) is 5.91 Å². The number of ether oxygens (including phenoxy) is 1. The highest BCUT2D eigenvalue weighted by Crippen LogP contribution is 2.28. The number of thioether (sulfide) groups is 1. The van der Waals surface area contributed by atoms with Crippen molar-refractivity contribution in [3.8, 4) is 5.75 Å². The summed E-state index contributed by atoms with van der Waals surface area (Å²) in [7, 11) is 1.59. The normalized spacial score (nSPS) is 13.7. The molecular formula is C23H25N5O2S. The molecule has 1 aliphatic rings. The molecule has 0 aliphatic carbocycles. The number of para-hydroxylation sites is 3. The van der Waals surface area contributed by atoms with Gasteiger partial charge in [-0.3, -0.25) is 4.79 Å². The highest BCUT2D eigenvalue weighted by atomic mass is 32.2. The molecule has 1 fully saturated rings. The Morgan fingerprint density at radius 3 is 2.42 bits per heavy atom. The van der Waals surface area contributed by atoms with Gasteiger partial charge in [0.1, 0.15) is 10.8 Å². The van der Waals surface area contributed by atoms with Crippen molar-refractivity contribution < 1.29 is 9.53 Å². The third kappa shape index (κ3) is 5.27. The first-order valence-corrected chi connectivity index (χ1v) is 11.1. The molecule has 0 radical (unpaired) electrons. The van der Waals surface area contributed by atoms with Crippen molar-refractivity contribution >= 4 is 34.9 Å². The van der Waals surface area contributed by atoms with E-state index in [1.54, 1.807) is 19.5 Å². The molecule has 0 unspecified atom stereocenters. The van der Waals surface area contributed by atoms with Gasteiger partial charge in [-0.2, -0.15) is 0 Å². The van der Waals surface area contributed by atoms with Gasteiger partial charge >= 0.3 is 0 Å². The largest absolute Gasteiger partial charge is 0.495 e. The molecular weight excluding hydrogens is 410 g/mol. The van der Waals surface area contributed by atoms with Crippen LogP contribution in [0, 0.1) is 0 Å². The Bertz CT molecular complexity index is 1010. The first kappa shape index (κ1) is 21.0. The summed E-state index contributed by atoms with van der Waals surface area (Å²) in [6.07, 6.45) is 3.38. The number of piperazine rings is 1. The molecule has 0 saturated carbocycles. The molecule has 0 spiro atoms. The first-order chi connectivity index (χ1) is 15.2. The Morgan fingerprint density at radius 2 is 1.65 bits per heavy atom. The van der Waals surface area contributed by atoms with Gasteiger partial charge < -0.3 is 19.9 Å². The van der Waals surface area contributed by atoms with Gasteiger partial charge in [-0.25, -0.2) is 9.97 Å². The molecule has 8 heteroatoms. The Hall–Kier alpha value is -3.26. The summed E-state index contributed by atoms with van der Waals surface area (Å²) in [5, 5.41) is 3.67. The molecule has 0 bridgehead atoms. The van der Waals surface area contributed by atoms with E-state index in [-0.39, 0.29) is 11.7 Å². The quantitative estimate of drug-likeness (QED) is 0.569. The van der Waals surface area contributed by atoms with E-state index in [1.807, 2.05) is 30.3 Å². The molecule has 3 aromatic rings. The number of carbonyl (C=O) groups is 1. The van der Waals surface area contributed by atoms with E-state index in [0.29, 0.717) is 11.4 Å². The molecule has 1 saturated heterocycles. The lowest BCUT2D eigenvalue weighted by molar-refractivity contribution is -0.113. The monoisotopic (exact) mass is 435 g/mol. The number of rotatable bonds is 7. The summed E-state index contributed by atoms with van der Waals surface area (Å²) in [5.41, 5.74) is 1.90. The van der Waals surface area contributed by atoms with Crippen LogP contribution in [0.1, 0.15) is 0 Å². The van der Waals surface area contributed by atoms with Gasteiger partial charge in [-0.05, 0) is 24.3 Å². The lowest BCUT2D eigenvalue weighted by atomic mass is 10.2. The summed E-state index contributed by atoms with van der Waals surface area (Å²) >= 11 is 1.40.